The minimum absolute atomic E-state index is 0.330. The van der Waals surface area contributed by atoms with E-state index < -0.39 is 36.8 Å². The van der Waals surface area contributed by atoms with E-state index in [1.807, 2.05) is 0 Å². The SMILES string of the molecule is CCCCCCCNC(=O)OC[C@H]1O[C@H](O)[C@H](O)[C@@H](O)[C@@H]1O. The van der Waals surface area contributed by atoms with Gasteiger partial charge in [0.1, 0.15) is 31.0 Å². The van der Waals surface area contributed by atoms with Crippen molar-refractivity contribution in [2.24, 2.45) is 0 Å². The maximum absolute atomic E-state index is 11.5. The van der Waals surface area contributed by atoms with Crippen LogP contribution in [0.25, 0.3) is 0 Å². The van der Waals surface area contributed by atoms with Crippen LogP contribution in [0.2, 0.25) is 0 Å². The van der Waals surface area contributed by atoms with Crippen molar-refractivity contribution in [2.45, 2.75) is 69.7 Å². The minimum atomic E-state index is -1.63. The van der Waals surface area contributed by atoms with Gasteiger partial charge in [-0.05, 0) is 6.42 Å². The van der Waals surface area contributed by atoms with Crippen LogP contribution in [0, 0.1) is 0 Å². The Balaban J connectivity index is 2.18. The minimum Gasteiger partial charge on any atom is -0.447 e. The van der Waals surface area contributed by atoms with Crippen LogP contribution in [-0.2, 0) is 9.47 Å². The van der Waals surface area contributed by atoms with Gasteiger partial charge in [-0.2, -0.15) is 0 Å². The van der Waals surface area contributed by atoms with E-state index in [4.69, 9.17) is 9.47 Å². The van der Waals surface area contributed by atoms with Crippen LogP contribution in [0.15, 0.2) is 0 Å². The van der Waals surface area contributed by atoms with E-state index >= 15 is 0 Å². The highest BCUT2D eigenvalue weighted by Gasteiger charge is 2.43. The van der Waals surface area contributed by atoms with Crippen LogP contribution in [-0.4, -0.2) is 70.4 Å². The number of amides is 1. The summed E-state index contributed by atoms with van der Waals surface area (Å²) in [7, 11) is 0. The van der Waals surface area contributed by atoms with Gasteiger partial charge in [-0.3, -0.25) is 0 Å². The maximum atomic E-state index is 11.5. The van der Waals surface area contributed by atoms with Crippen molar-refractivity contribution in [3.63, 3.8) is 0 Å². The quantitative estimate of drug-likeness (QED) is 0.381. The van der Waals surface area contributed by atoms with Crippen molar-refractivity contribution in [3.05, 3.63) is 0 Å². The number of ether oxygens (including phenoxy) is 2. The van der Waals surface area contributed by atoms with Crippen molar-refractivity contribution < 1.29 is 34.7 Å². The zero-order chi connectivity index (χ0) is 16.5. The molecular formula is C14H27NO7. The second-order valence-electron chi connectivity index (χ2n) is 5.48. The molecule has 0 unspecified atom stereocenters. The summed E-state index contributed by atoms with van der Waals surface area (Å²) >= 11 is 0. The predicted octanol–water partition coefficient (Wildman–Crippen LogP) is -0.517. The van der Waals surface area contributed by atoms with E-state index in [2.05, 4.69) is 12.2 Å². The molecule has 0 aromatic heterocycles. The molecule has 8 heteroatoms. The Labute approximate surface area is 130 Å². The lowest BCUT2D eigenvalue weighted by atomic mass is 9.99. The number of unbranched alkanes of at least 4 members (excludes halogenated alkanes) is 4. The van der Waals surface area contributed by atoms with Crippen LogP contribution in [0.4, 0.5) is 4.79 Å². The molecule has 1 aliphatic heterocycles. The van der Waals surface area contributed by atoms with E-state index in [1.165, 1.54) is 6.42 Å². The van der Waals surface area contributed by atoms with Crippen LogP contribution in [0.3, 0.4) is 0 Å². The smallest absolute Gasteiger partial charge is 0.407 e. The van der Waals surface area contributed by atoms with E-state index in [0.717, 1.165) is 25.7 Å². The first-order chi connectivity index (χ1) is 10.5. The molecular weight excluding hydrogens is 294 g/mol. The molecule has 0 spiro atoms. The van der Waals surface area contributed by atoms with E-state index in [0.29, 0.717) is 6.54 Å². The number of alkyl carbamates (subject to hydrolysis) is 1. The summed E-state index contributed by atoms with van der Waals surface area (Å²) < 4.78 is 9.76. The molecule has 0 aliphatic carbocycles. The van der Waals surface area contributed by atoms with Gasteiger partial charge < -0.3 is 35.2 Å². The van der Waals surface area contributed by atoms with Gasteiger partial charge in [-0.1, -0.05) is 32.6 Å². The summed E-state index contributed by atoms with van der Waals surface area (Å²) in [5, 5.41) is 40.4. The molecule has 1 rings (SSSR count). The number of aliphatic hydroxyl groups excluding tert-OH is 4. The molecule has 5 atom stereocenters. The van der Waals surface area contributed by atoms with Gasteiger partial charge in [0.25, 0.3) is 0 Å². The highest BCUT2D eigenvalue weighted by atomic mass is 16.7. The first-order valence-corrected chi connectivity index (χ1v) is 7.75. The number of hydrogen-bond donors (Lipinski definition) is 5. The highest BCUT2D eigenvalue weighted by Crippen LogP contribution is 2.19. The van der Waals surface area contributed by atoms with Gasteiger partial charge >= 0.3 is 6.09 Å². The molecule has 0 saturated carbocycles. The summed E-state index contributed by atoms with van der Waals surface area (Å²) in [6.45, 7) is 2.30. The van der Waals surface area contributed by atoms with Crippen molar-refractivity contribution in [2.75, 3.05) is 13.2 Å². The Kier molecular flexibility index (Phi) is 8.66. The molecule has 0 radical (unpaired) electrons. The summed E-state index contributed by atoms with van der Waals surface area (Å²) in [5.41, 5.74) is 0. The third kappa shape index (κ3) is 6.05. The molecule has 22 heavy (non-hydrogen) atoms. The summed E-state index contributed by atoms with van der Waals surface area (Å²) in [6.07, 6.45) is -2.60. The van der Waals surface area contributed by atoms with E-state index in [-0.39, 0.29) is 6.61 Å². The molecule has 0 aromatic rings. The number of carbonyl (C=O) groups is 1. The average Bonchev–Trinajstić information content (AvgIpc) is 2.51. The molecule has 0 bridgehead atoms. The zero-order valence-corrected chi connectivity index (χ0v) is 12.9. The third-order valence-electron chi connectivity index (χ3n) is 3.62. The molecule has 1 fully saturated rings. The highest BCUT2D eigenvalue weighted by molar-refractivity contribution is 5.67. The predicted molar refractivity (Wildman–Crippen MR) is 77.0 cm³/mol. The van der Waals surface area contributed by atoms with Crippen LogP contribution in [0.5, 0.6) is 0 Å². The third-order valence-corrected chi connectivity index (χ3v) is 3.62. The summed E-state index contributed by atoms with van der Waals surface area (Å²) in [6, 6.07) is 0. The van der Waals surface area contributed by atoms with Crippen molar-refractivity contribution in [1.29, 1.82) is 0 Å². The number of carbonyl (C=O) groups excluding carboxylic acids is 1. The lowest BCUT2D eigenvalue weighted by Gasteiger charge is -2.37. The van der Waals surface area contributed by atoms with Crippen molar-refractivity contribution in [3.8, 4) is 0 Å². The molecule has 1 saturated heterocycles. The fourth-order valence-electron chi connectivity index (χ4n) is 2.20. The second-order valence-corrected chi connectivity index (χ2v) is 5.48. The van der Waals surface area contributed by atoms with Gasteiger partial charge in [0.2, 0.25) is 0 Å². The maximum Gasteiger partial charge on any atom is 0.407 e. The first-order valence-electron chi connectivity index (χ1n) is 7.75. The van der Waals surface area contributed by atoms with Crippen LogP contribution < -0.4 is 5.32 Å². The molecule has 8 nitrogen and oxygen atoms in total. The van der Waals surface area contributed by atoms with Gasteiger partial charge in [-0.15, -0.1) is 0 Å². The molecule has 0 aromatic carbocycles. The fraction of sp³-hybridized carbons (Fsp3) is 0.929. The Morgan fingerprint density at radius 2 is 1.73 bits per heavy atom. The number of aliphatic hydroxyl groups is 4. The Morgan fingerprint density at radius 1 is 1.05 bits per heavy atom. The Morgan fingerprint density at radius 3 is 2.41 bits per heavy atom. The average molecular weight is 321 g/mol. The lowest BCUT2D eigenvalue weighted by Crippen LogP contribution is -2.58. The van der Waals surface area contributed by atoms with E-state index in [9.17, 15) is 25.2 Å². The number of rotatable bonds is 8. The van der Waals surface area contributed by atoms with Gasteiger partial charge in [0, 0.05) is 6.54 Å². The van der Waals surface area contributed by atoms with Crippen molar-refractivity contribution >= 4 is 6.09 Å². The molecule has 130 valence electrons. The van der Waals surface area contributed by atoms with Crippen LogP contribution >= 0.6 is 0 Å². The Bertz CT molecular complexity index is 328. The molecule has 1 heterocycles. The summed E-state index contributed by atoms with van der Waals surface area (Å²) in [4.78, 5) is 11.5. The summed E-state index contributed by atoms with van der Waals surface area (Å²) in [5.74, 6) is 0. The zero-order valence-electron chi connectivity index (χ0n) is 12.9. The van der Waals surface area contributed by atoms with Gasteiger partial charge in [0.15, 0.2) is 6.29 Å². The van der Waals surface area contributed by atoms with Crippen LogP contribution in [0.1, 0.15) is 39.0 Å². The lowest BCUT2D eigenvalue weighted by molar-refractivity contribution is -0.286. The normalized spacial score (nSPS) is 31.8. The number of nitrogens with one attached hydrogen (secondary N) is 1. The van der Waals surface area contributed by atoms with Gasteiger partial charge in [-0.25, -0.2) is 4.79 Å². The largest absolute Gasteiger partial charge is 0.447 e. The first kappa shape index (κ1) is 19.1. The van der Waals surface area contributed by atoms with E-state index in [1.54, 1.807) is 0 Å². The molecule has 1 amide bonds. The fourth-order valence-corrected chi connectivity index (χ4v) is 2.20. The van der Waals surface area contributed by atoms with Crippen molar-refractivity contribution in [1.82, 2.24) is 5.32 Å². The molecule has 1 aliphatic rings. The standard InChI is InChI=1S/C14H27NO7/c1-2-3-4-5-6-7-15-14(20)21-8-9-10(16)11(17)12(18)13(19)22-9/h9-13,16-19H,2-8H2,1H3,(H,15,20)/t9-,10-,11+,12-,13+/m1/s1. The molecule has 5 N–H and O–H groups in total. The monoisotopic (exact) mass is 321 g/mol. The Hall–Kier alpha value is -0.930. The number of hydrogen-bond acceptors (Lipinski definition) is 7. The van der Waals surface area contributed by atoms with Gasteiger partial charge in [0.05, 0.1) is 0 Å². The topological polar surface area (TPSA) is 128 Å². The second kappa shape index (κ2) is 9.96.